The predicted molar refractivity (Wildman–Crippen MR) is 129 cm³/mol. The van der Waals surface area contributed by atoms with Gasteiger partial charge in [-0.1, -0.05) is 66.2 Å². The molecule has 7 heteroatoms. The van der Waals surface area contributed by atoms with Gasteiger partial charge in [-0.15, -0.1) is 0 Å². The molecule has 2 aromatic carbocycles. The van der Waals surface area contributed by atoms with E-state index >= 15 is 0 Å². The number of carbonyl (C=O) groups excluding carboxylic acids is 2. The van der Waals surface area contributed by atoms with Crippen LogP contribution in [0.25, 0.3) is 10.8 Å². The second-order valence-electron chi connectivity index (χ2n) is 7.58. The highest BCUT2D eigenvalue weighted by molar-refractivity contribution is 6.44. The number of urea groups is 1. The van der Waals surface area contributed by atoms with E-state index in [9.17, 15) is 9.59 Å². The van der Waals surface area contributed by atoms with Gasteiger partial charge in [0, 0.05) is 23.7 Å². The molecule has 0 saturated carbocycles. The number of carbonyl (C=O) groups is 2. The molecule has 0 bridgehead atoms. The summed E-state index contributed by atoms with van der Waals surface area (Å²) < 4.78 is 5.46. The van der Waals surface area contributed by atoms with Crippen LogP contribution < -0.4 is 10.1 Å². The molecule has 2 atom stereocenters. The van der Waals surface area contributed by atoms with E-state index in [2.05, 4.69) is 10.3 Å². The summed E-state index contributed by atoms with van der Waals surface area (Å²) in [6, 6.07) is 16.5. The molecular weight excluding hydrogens is 438 g/mol. The van der Waals surface area contributed by atoms with Gasteiger partial charge in [-0.25, -0.2) is 9.78 Å². The van der Waals surface area contributed by atoms with Crippen molar-refractivity contribution in [2.24, 2.45) is 0 Å². The third kappa shape index (κ3) is 4.61. The predicted octanol–water partition coefficient (Wildman–Crippen LogP) is 4.99. The van der Waals surface area contributed by atoms with Gasteiger partial charge in [-0.3, -0.25) is 4.79 Å². The number of hydrogen-bond acceptors (Lipinski definition) is 4. The van der Waals surface area contributed by atoms with Crippen molar-refractivity contribution in [1.29, 1.82) is 0 Å². The summed E-state index contributed by atoms with van der Waals surface area (Å²) in [6.45, 7) is 2.37. The number of halogens is 1. The third-order valence-corrected chi connectivity index (χ3v) is 5.92. The first-order valence-corrected chi connectivity index (χ1v) is 11.0. The fourth-order valence-corrected chi connectivity index (χ4v) is 4.26. The number of nitrogens with zero attached hydrogens (tertiary/aromatic N) is 2. The zero-order valence-corrected chi connectivity index (χ0v) is 19.1. The second kappa shape index (κ2) is 9.88. The topological polar surface area (TPSA) is 71.5 Å². The number of methoxy groups -OCH3 is 1. The van der Waals surface area contributed by atoms with Gasteiger partial charge in [0.2, 0.25) is 5.88 Å². The fraction of sp³-hybridized carbons (Fsp3) is 0.192. The molecule has 4 rings (SSSR count). The highest BCUT2D eigenvalue weighted by atomic mass is 35.5. The minimum atomic E-state index is -0.473. The molecule has 1 aromatic heterocycles. The smallest absolute Gasteiger partial charge is 0.318 e. The van der Waals surface area contributed by atoms with Crippen LogP contribution in [0.1, 0.15) is 24.1 Å². The average Bonchev–Trinajstić information content (AvgIpc) is 2.84. The number of rotatable bonds is 6. The molecule has 6 nitrogen and oxygen atoms in total. The molecule has 1 N–H and O–H groups in total. The molecule has 2 amide bonds. The Balaban J connectivity index is 1.78. The summed E-state index contributed by atoms with van der Waals surface area (Å²) in [7, 11) is 1.59. The number of ketones is 1. The molecule has 0 spiro atoms. The number of allylic oxidation sites excluding steroid dienone is 2. The van der Waals surface area contributed by atoms with Crippen LogP contribution in [0.5, 0.6) is 5.88 Å². The number of amides is 2. The normalized spacial score (nSPS) is 16.3. The van der Waals surface area contributed by atoms with Gasteiger partial charge in [0.25, 0.3) is 0 Å². The number of ether oxygens (including phenoxy) is 1. The van der Waals surface area contributed by atoms with Crippen LogP contribution in [0.3, 0.4) is 0 Å². The lowest BCUT2D eigenvalue weighted by atomic mass is 9.94. The van der Waals surface area contributed by atoms with Gasteiger partial charge in [0.05, 0.1) is 24.2 Å². The van der Waals surface area contributed by atoms with E-state index < -0.39 is 12.1 Å². The van der Waals surface area contributed by atoms with Crippen molar-refractivity contribution in [1.82, 2.24) is 15.2 Å². The van der Waals surface area contributed by atoms with Gasteiger partial charge in [-0.2, -0.15) is 0 Å². The third-order valence-electron chi connectivity index (χ3n) is 5.61. The van der Waals surface area contributed by atoms with Gasteiger partial charge in [0.1, 0.15) is 0 Å². The summed E-state index contributed by atoms with van der Waals surface area (Å²) in [5.74, 6) is 0.262. The molecule has 3 aromatic rings. The maximum Gasteiger partial charge on any atom is 0.318 e. The molecule has 33 heavy (non-hydrogen) atoms. The average molecular weight is 462 g/mol. The Morgan fingerprint density at radius 1 is 1.15 bits per heavy atom. The molecule has 2 unspecified atom stereocenters. The van der Waals surface area contributed by atoms with E-state index in [1.54, 1.807) is 24.3 Å². The first-order valence-electron chi connectivity index (χ1n) is 10.7. The molecule has 0 aliphatic heterocycles. The van der Waals surface area contributed by atoms with Crippen LogP contribution >= 0.6 is 11.6 Å². The Labute approximate surface area is 197 Å². The summed E-state index contributed by atoms with van der Waals surface area (Å²) >= 11 is 5.98. The molecule has 0 saturated heterocycles. The Morgan fingerprint density at radius 3 is 2.52 bits per heavy atom. The lowest BCUT2D eigenvalue weighted by Crippen LogP contribution is -2.46. The number of aromatic nitrogens is 1. The number of hydrogen-bond donors (Lipinski definition) is 1. The molecule has 0 fully saturated rings. The first-order chi connectivity index (χ1) is 16.0. The van der Waals surface area contributed by atoms with Crippen molar-refractivity contribution < 1.29 is 14.3 Å². The van der Waals surface area contributed by atoms with Crippen LogP contribution in [0.15, 0.2) is 84.1 Å². The zero-order valence-electron chi connectivity index (χ0n) is 18.4. The highest BCUT2D eigenvalue weighted by Crippen LogP contribution is 2.36. The minimum absolute atomic E-state index is 0.0933. The maximum absolute atomic E-state index is 13.5. The number of pyridine rings is 1. The van der Waals surface area contributed by atoms with Crippen molar-refractivity contribution in [3.05, 3.63) is 95.2 Å². The SMILES string of the molecule is CCN(C(=O)NC1C=CC(=O)C(Cl)=C1)C(c1ccccc1)c1cnc(OC)c2ccccc12. The molecule has 1 aliphatic rings. The van der Waals surface area contributed by atoms with Gasteiger partial charge >= 0.3 is 6.03 Å². The Hall–Kier alpha value is -3.64. The van der Waals surface area contributed by atoms with E-state index in [4.69, 9.17) is 16.3 Å². The van der Waals surface area contributed by atoms with E-state index in [1.807, 2.05) is 61.5 Å². The van der Waals surface area contributed by atoms with Gasteiger partial charge < -0.3 is 15.0 Å². The summed E-state index contributed by atoms with van der Waals surface area (Å²) in [6.07, 6.45) is 6.31. The number of nitrogens with one attached hydrogen (secondary N) is 1. The summed E-state index contributed by atoms with van der Waals surface area (Å²) in [5, 5.41) is 4.87. The minimum Gasteiger partial charge on any atom is -0.481 e. The van der Waals surface area contributed by atoms with E-state index in [-0.39, 0.29) is 16.8 Å². The maximum atomic E-state index is 13.5. The Morgan fingerprint density at radius 2 is 1.85 bits per heavy atom. The van der Waals surface area contributed by atoms with Crippen molar-refractivity contribution in [3.63, 3.8) is 0 Å². The van der Waals surface area contributed by atoms with Crippen LogP contribution in [-0.2, 0) is 4.79 Å². The second-order valence-corrected chi connectivity index (χ2v) is 7.99. The van der Waals surface area contributed by atoms with Crippen molar-refractivity contribution >= 4 is 34.2 Å². The first kappa shape index (κ1) is 22.6. The van der Waals surface area contributed by atoms with Crippen molar-refractivity contribution in [2.45, 2.75) is 19.0 Å². The van der Waals surface area contributed by atoms with Gasteiger partial charge in [-0.05, 0) is 36.1 Å². The molecule has 1 aliphatic carbocycles. The lowest BCUT2D eigenvalue weighted by Gasteiger charge is -2.33. The van der Waals surface area contributed by atoms with E-state index in [0.29, 0.717) is 12.4 Å². The van der Waals surface area contributed by atoms with Crippen molar-refractivity contribution in [2.75, 3.05) is 13.7 Å². The highest BCUT2D eigenvalue weighted by Gasteiger charge is 2.29. The standard InChI is InChI=1S/C26H24ClN3O3/c1-3-30(26(32)29-18-13-14-23(31)22(27)15-18)24(17-9-5-4-6-10-17)21-16-28-25(33-2)20-12-8-7-11-19(20)21/h4-16,18,24H,3H2,1-2H3,(H,29,32). The largest absolute Gasteiger partial charge is 0.481 e. The Kier molecular flexibility index (Phi) is 6.75. The quantitative estimate of drug-likeness (QED) is 0.561. The number of fused-ring (bicyclic) bond motifs is 1. The molecule has 0 radical (unpaired) electrons. The fourth-order valence-electron chi connectivity index (χ4n) is 4.06. The number of benzene rings is 2. The van der Waals surface area contributed by atoms with Gasteiger partial charge in [0.15, 0.2) is 5.78 Å². The van der Waals surface area contributed by atoms with Crippen LogP contribution in [0, 0.1) is 0 Å². The summed E-state index contributed by atoms with van der Waals surface area (Å²) in [4.78, 5) is 31.4. The summed E-state index contributed by atoms with van der Waals surface area (Å²) in [5.41, 5.74) is 1.84. The van der Waals surface area contributed by atoms with Crippen molar-refractivity contribution in [3.8, 4) is 5.88 Å². The molecular formula is C26H24ClN3O3. The van der Waals surface area contributed by atoms with Crippen LogP contribution in [0.2, 0.25) is 0 Å². The van der Waals surface area contributed by atoms with E-state index in [1.165, 1.54) is 12.2 Å². The Bertz CT molecular complexity index is 1240. The van der Waals surface area contributed by atoms with Crippen LogP contribution in [0.4, 0.5) is 4.79 Å². The lowest BCUT2D eigenvalue weighted by molar-refractivity contribution is -0.110. The van der Waals surface area contributed by atoms with E-state index in [0.717, 1.165) is 21.9 Å². The molecule has 168 valence electrons. The zero-order chi connectivity index (χ0) is 23.4. The monoisotopic (exact) mass is 461 g/mol. The molecule has 1 heterocycles. The van der Waals surface area contributed by atoms with Crippen LogP contribution in [-0.4, -0.2) is 41.4 Å².